The molecular weight excluding hydrogens is 268 g/mol. The van der Waals surface area contributed by atoms with E-state index in [4.69, 9.17) is 4.74 Å². The van der Waals surface area contributed by atoms with Crippen molar-refractivity contribution in [2.75, 3.05) is 11.9 Å². The van der Waals surface area contributed by atoms with E-state index in [9.17, 15) is 9.59 Å². The van der Waals surface area contributed by atoms with Crippen LogP contribution in [-0.4, -0.2) is 18.5 Å². The van der Waals surface area contributed by atoms with Gasteiger partial charge < -0.3 is 10.1 Å². The maximum atomic E-state index is 11.9. The number of rotatable bonds is 4. The zero-order chi connectivity index (χ0) is 15.1. The lowest BCUT2D eigenvalue weighted by Crippen LogP contribution is -2.34. The van der Waals surface area contributed by atoms with Crippen LogP contribution in [0.2, 0.25) is 0 Å². The summed E-state index contributed by atoms with van der Waals surface area (Å²) < 4.78 is 5.40. The monoisotopic (exact) mass is 284 g/mol. The SMILES string of the molecule is CCOc1ccccc1NC(=O)NC(=O)c1ccccc1. The Bertz CT molecular complexity index is 626. The van der Waals surface area contributed by atoms with E-state index >= 15 is 0 Å². The first-order chi connectivity index (χ1) is 10.2. The van der Waals surface area contributed by atoms with Crippen LogP contribution in [0.25, 0.3) is 0 Å². The second-order valence-electron chi connectivity index (χ2n) is 4.20. The van der Waals surface area contributed by atoms with Crippen molar-refractivity contribution in [3.8, 4) is 5.75 Å². The van der Waals surface area contributed by atoms with Crippen molar-refractivity contribution in [3.05, 3.63) is 60.2 Å². The minimum Gasteiger partial charge on any atom is -0.492 e. The smallest absolute Gasteiger partial charge is 0.326 e. The molecule has 0 radical (unpaired) electrons. The molecule has 0 bridgehead atoms. The molecule has 0 saturated heterocycles. The number of hydrogen-bond acceptors (Lipinski definition) is 3. The quantitative estimate of drug-likeness (QED) is 0.906. The van der Waals surface area contributed by atoms with Gasteiger partial charge in [-0.25, -0.2) is 4.79 Å². The molecule has 0 aromatic heterocycles. The number of para-hydroxylation sites is 2. The molecule has 0 fully saturated rings. The van der Waals surface area contributed by atoms with Gasteiger partial charge in [0.15, 0.2) is 0 Å². The number of urea groups is 1. The Kier molecular flexibility index (Phi) is 4.93. The number of anilines is 1. The highest BCUT2D eigenvalue weighted by atomic mass is 16.5. The third-order valence-electron chi connectivity index (χ3n) is 2.70. The van der Waals surface area contributed by atoms with Crippen molar-refractivity contribution in [3.63, 3.8) is 0 Å². The van der Waals surface area contributed by atoms with Crippen LogP contribution < -0.4 is 15.4 Å². The molecule has 2 rings (SSSR count). The van der Waals surface area contributed by atoms with E-state index in [1.165, 1.54) is 0 Å². The summed E-state index contributed by atoms with van der Waals surface area (Å²) in [6, 6.07) is 15.0. The minimum atomic E-state index is -0.601. The zero-order valence-corrected chi connectivity index (χ0v) is 11.6. The molecule has 2 N–H and O–H groups in total. The average molecular weight is 284 g/mol. The van der Waals surface area contributed by atoms with Gasteiger partial charge in [0.1, 0.15) is 5.75 Å². The highest BCUT2D eigenvalue weighted by molar-refractivity contribution is 6.08. The van der Waals surface area contributed by atoms with E-state index in [0.29, 0.717) is 23.6 Å². The summed E-state index contributed by atoms with van der Waals surface area (Å²) in [5.74, 6) is 0.101. The van der Waals surface area contributed by atoms with Gasteiger partial charge in [-0.2, -0.15) is 0 Å². The minimum absolute atomic E-state index is 0.422. The summed E-state index contributed by atoms with van der Waals surface area (Å²) in [5.41, 5.74) is 0.934. The van der Waals surface area contributed by atoms with Crippen molar-refractivity contribution in [2.45, 2.75) is 6.92 Å². The van der Waals surface area contributed by atoms with Gasteiger partial charge in [-0.3, -0.25) is 10.1 Å². The summed E-state index contributed by atoms with van der Waals surface area (Å²) in [4.78, 5) is 23.7. The van der Waals surface area contributed by atoms with Gasteiger partial charge in [0.05, 0.1) is 12.3 Å². The Morgan fingerprint density at radius 1 is 1.00 bits per heavy atom. The number of carbonyl (C=O) groups excluding carboxylic acids is 2. The Morgan fingerprint density at radius 3 is 2.38 bits per heavy atom. The van der Waals surface area contributed by atoms with Crippen LogP contribution in [0.1, 0.15) is 17.3 Å². The van der Waals surface area contributed by atoms with Crippen LogP contribution in [0.15, 0.2) is 54.6 Å². The first-order valence-corrected chi connectivity index (χ1v) is 6.60. The van der Waals surface area contributed by atoms with Crippen LogP contribution >= 0.6 is 0 Å². The number of ether oxygens (including phenoxy) is 1. The molecule has 5 nitrogen and oxygen atoms in total. The van der Waals surface area contributed by atoms with Gasteiger partial charge in [-0.05, 0) is 31.2 Å². The predicted molar refractivity (Wildman–Crippen MR) is 80.5 cm³/mol. The fourth-order valence-electron chi connectivity index (χ4n) is 1.77. The Labute approximate surface area is 122 Å². The second kappa shape index (κ2) is 7.09. The molecule has 0 spiro atoms. The average Bonchev–Trinajstić information content (AvgIpc) is 2.50. The van der Waals surface area contributed by atoms with Crippen molar-refractivity contribution in [1.29, 1.82) is 0 Å². The van der Waals surface area contributed by atoms with Crippen LogP contribution in [0, 0.1) is 0 Å². The van der Waals surface area contributed by atoms with E-state index in [2.05, 4.69) is 10.6 Å². The fourth-order valence-corrected chi connectivity index (χ4v) is 1.77. The highest BCUT2D eigenvalue weighted by Crippen LogP contribution is 2.23. The lowest BCUT2D eigenvalue weighted by Gasteiger charge is -2.11. The number of imide groups is 1. The number of nitrogens with one attached hydrogen (secondary N) is 2. The molecule has 2 aromatic carbocycles. The molecule has 0 aliphatic heterocycles. The van der Waals surface area contributed by atoms with Crippen LogP contribution in [0.4, 0.5) is 10.5 Å². The summed E-state index contributed by atoms with van der Waals surface area (Å²) in [6.07, 6.45) is 0. The number of hydrogen-bond donors (Lipinski definition) is 2. The molecule has 2 aromatic rings. The van der Waals surface area contributed by atoms with Gasteiger partial charge in [0.25, 0.3) is 5.91 Å². The summed E-state index contributed by atoms with van der Waals surface area (Å²) >= 11 is 0. The number of benzene rings is 2. The number of carbonyl (C=O) groups is 2. The van der Waals surface area contributed by atoms with Gasteiger partial charge in [-0.15, -0.1) is 0 Å². The highest BCUT2D eigenvalue weighted by Gasteiger charge is 2.11. The molecule has 0 aliphatic carbocycles. The molecule has 5 heteroatoms. The lowest BCUT2D eigenvalue weighted by molar-refractivity contribution is 0.0967. The van der Waals surface area contributed by atoms with E-state index in [0.717, 1.165) is 0 Å². The topological polar surface area (TPSA) is 67.4 Å². The third-order valence-corrected chi connectivity index (χ3v) is 2.70. The van der Waals surface area contributed by atoms with E-state index in [-0.39, 0.29) is 0 Å². The van der Waals surface area contributed by atoms with E-state index in [1.807, 2.05) is 13.0 Å². The Morgan fingerprint density at radius 2 is 1.67 bits per heavy atom. The first kappa shape index (κ1) is 14.6. The van der Waals surface area contributed by atoms with Crippen LogP contribution in [0.3, 0.4) is 0 Å². The first-order valence-electron chi connectivity index (χ1n) is 6.60. The molecule has 21 heavy (non-hydrogen) atoms. The Hall–Kier alpha value is -2.82. The number of amides is 3. The van der Waals surface area contributed by atoms with Gasteiger partial charge in [0, 0.05) is 5.56 Å². The molecular formula is C16H16N2O3. The molecule has 3 amide bonds. The van der Waals surface area contributed by atoms with Gasteiger partial charge >= 0.3 is 6.03 Å². The standard InChI is InChI=1S/C16H16N2O3/c1-2-21-14-11-7-6-10-13(14)17-16(20)18-15(19)12-8-4-3-5-9-12/h3-11H,2H2,1H3,(H2,17,18,19,20). The molecule has 0 heterocycles. The van der Waals surface area contributed by atoms with E-state index < -0.39 is 11.9 Å². The zero-order valence-electron chi connectivity index (χ0n) is 11.6. The molecule has 0 aliphatic rings. The maximum Gasteiger partial charge on any atom is 0.326 e. The normalized spacial score (nSPS) is 9.76. The van der Waals surface area contributed by atoms with Gasteiger partial charge in [0.2, 0.25) is 0 Å². The van der Waals surface area contributed by atoms with Crippen molar-refractivity contribution in [2.24, 2.45) is 0 Å². The van der Waals surface area contributed by atoms with Crippen molar-refractivity contribution < 1.29 is 14.3 Å². The summed E-state index contributed by atoms with van der Waals surface area (Å²) in [6.45, 7) is 2.35. The lowest BCUT2D eigenvalue weighted by atomic mass is 10.2. The largest absolute Gasteiger partial charge is 0.492 e. The molecule has 0 atom stereocenters. The predicted octanol–water partition coefficient (Wildman–Crippen LogP) is 3.05. The molecule has 0 saturated carbocycles. The summed E-state index contributed by atoms with van der Waals surface area (Å²) in [5, 5.41) is 4.87. The van der Waals surface area contributed by atoms with Gasteiger partial charge in [-0.1, -0.05) is 30.3 Å². The molecule has 108 valence electrons. The van der Waals surface area contributed by atoms with Crippen LogP contribution in [0.5, 0.6) is 5.75 Å². The molecule has 0 unspecified atom stereocenters. The Balaban J connectivity index is 2.01. The third kappa shape index (κ3) is 4.07. The second-order valence-corrected chi connectivity index (χ2v) is 4.20. The fraction of sp³-hybridized carbons (Fsp3) is 0.125. The van der Waals surface area contributed by atoms with E-state index in [1.54, 1.807) is 48.5 Å². The van der Waals surface area contributed by atoms with Crippen molar-refractivity contribution in [1.82, 2.24) is 5.32 Å². The van der Waals surface area contributed by atoms with Crippen LogP contribution in [-0.2, 0) is 0 Å². The maximum absolute atomic E-state index is 11.9. The van der Waals surface area contributed by atoms with Crippen molar-refractivity contribution >= 4 is 17.6 Å². The summed E-state index contributed by atoms with van der Waals surface area (Å²) in [7, 11) is 0.